The van der Waals surface area contributed by atoms with E-state index in [4.69, 9.17) is 15.5 Å². The molecule has 1 aliphatic rings. The fourth-order valence-corrected chi connectivity index (χ4v) is 3.47. The van der Waals surface area contributed by atoms with E-state index >= 15 is 0 Å². The molecule has 0 aliphatic carbocycles. The maximum atomic E-state index is 5.96. The number of nitrogens with zero attached hydrogens (tertiary/aromatic N) is 2. The van der Waals surface area contributed by atoms with E-state index in [0.717, 1.165) is 55.4 Å². The van der Waals surface area contributed by atoms with Gasteiger partial charge in [0, 0.05) is 19.1 Å². The van der Waals surface area contributed by atoms with Crippen LogP contribution in [0.25, 0.3) is 10.2 Å². The van der Waals surface area contributed by atoms with Gasteiger partial charge in [-0.3, -0.25) is 0 Å². The minimum absolute atomic E-state index is 0.356. The zero-order valence-electron chi connectivity index (χ0n) is 11.8. The molecule has 108 valence electrons. The largest absolute Gasteiger partial charge is 0.494 e. The second-order valence-corrected chi connectivity index (χ2v) is 6.31. The maximum absolute atomic E-state index is 5.96. The van der Waals surface area contributed by atoms with Crippen LogP contribution in [0.3, 0.4) is 0 Å². The Morgan fingerprint density at radius 1 is 1.40 bits per heavy atom. The standard InChI is InChI=1S/C15H21N3OS/c1-2-9-19-12-3-4-13-14(10-12)20-15(17-13)18-7-5-11(16)6-8-18/h3-4,10-11H,2,5-9,16H2,1H3. The molecular weight excluding hydrogens is 270 g/mol. The summed E-state index contributed by atoms with van der Waals surface area (Å²) in [5.74, 6) is 0.940. The van der Waals surface area contributed by atoms with E-state index in [1.807, 2.05) is 6.07 Å². The maximum Gasteiger partial charge on any atom is 0.186 e. The zero-order valence-corrected chi connectivity index (χ0v) is 12.7. The van der Waals surface area contributed by atoms with Gasteiger partial charge in [-0.1, -0.05) is 18.3 Å². The fourth-order valence-electron chi connectivity index (χ4n) is 2.43. The summed E-state index contributed by atoms with van der Waals surface area (Å²) in [5, 5.41) is 1.11. The number of fused-ring (bicyclic) bond motifs is 1. The van der Waals surface area contributed by atoms with Gasteiger partial charge in [0.25, 0.3) is 0 Å². The predicted molar refractivity (Wildman–Crippen MR) is 84.8 cm³/mol. The molecule has 0 saturated carbocycles. The normalized spacial score (nSPS) is 16.8. The Kier molecular flexibility index (Phi) is 4.08. The lowest BCUT2D eigenvalue weighted by Gasteiger charge is -2.29. The summed E-state index contributed by atoms with van der Waals surface area (Å²) < 4.78 is 6.88. The summed E-state index contributed by atoms with van der Waals surface area (Å²) >= 11 is 1.75. The van der Waals surface area contributed by atoms with E-state index in [1.165, 1.54) is 4.70 Å². The Bertz CT molecular complexity index is 576. The molecule has 1 fully saturated rings. The highest BCUT2D eigenvalue weighted by Gasteiger charge is 2.19. The van der Waals surface area contributed by atoms with Gasteiger partial charge in [0.15, 0.2) is 5.13 Å². The first-order valence-electron chi connectivity index (χ1n) is 7.30. The van der Waals surface area contributed by atoms with Crippen LogP contribution in [-0.2, 0) is 0 Å². The van der Waals surface area contributed by atoms with Crippen LogP contribution in [0.15, 0.2) is 18.2 Å². The Morgan fingerprint density at radius 3 is 2.95 bits per heavy atom. The highest BCUT2D eigenvalue weighted by atomic mass is 32.1. The quantitative estimate of drug-likeness (QED) is 0.941. The molecule has 3 rings (SSSR count). The number of nitrogens with two attached hydrogens (primary N) is 1. The molecular formula is C15H21N3OS. The highest BCUT2D eigenvalue weighted by molar-refractivity contribution is 7.22. The van der Waals surface area contributed by atoms with Crippen LogP contribution >= 0.6 is 11.3 Å². The number of anilines is 1. The van der Waals surface area contributed by atoms with Crippen LogP contribution in [0.5, 0.6) is 5.75 Å². The van der Waals surface area contributed by atoms with Crippen LogP contribution in [-0.4, -0.2) is 30.7 Å². The fraction of sp³-hybridized carbons (Fsp3) is 0.533. The Labute approximate surface area is 123 Å². The summed E-state index contributed by atoms with van der Waals surface area (Å²) in [6, 6.07) is 6.51. The van der Waals surface area contributed by atoms with Crippen LogP contribution in [0.4, 0.5) is 5.13 Å². The smallest absolute Gasteiger partial charge is 0.186 e. The van der Waals surface area contributed by atoms with E-state index in [-0.39, 0.29) is 0 Å². The van der Waals surface area contributed by atoms with Gasteiger partial charge in [0.1, 0.15) is 5.75 Å². The van der Waals surface area contributed by atoms with E-state index < -0.39 is 0 Å². The Hall–Kier alpha value is -1.33. The highest BCUT2D eigenvalue weighted by Crippen LogP contribution is 2.32. The van der Waals surface area contributed by atoms with Gasteiger partial charge in [0.05, 0.1) is 16.8 Å². The Morgan fingerprint density at radius 2 is 2.20 bits per heavy atom. The average Bonchev–Trinajstić information content (AvgIpc) is 2.89. The number of thiazole rings is 1. The first kappa shape index (κ1) is 13.6. The molecule has 0 bridgehead atoms. The molecule has 0 spiro atoms. The molecule has 2 N–H and O–H groups in total. The summed E-state index contributed by atoms with van der Waals surface area (Å²) in [4.78, 5) is 7.08. The van der Waals surface area contributed by atoms with Crippen molar-refractivity contribution in [2.24, 2.45) is 5.73 Å². The summed E-state index contributed by atoms with van der Waals surface area (Å²) in [5.41, 5.74) is 7.02. The monoisotopic (exact) mass is 291 g/mol. The molecule has 1 aromatic heterocycles. The van der Waals surface area contributed by atoms with Crippen molar-refractivity contribution in [3.05, 3.63) is 18.2 Å². The molecule has 1 saturated heterocycles. The van der Waals surface area contributed by atoms with Gasteiger partial charge >= 0.3 is 0 Å². The van der Waals surface area contributed by atoms with Crippen molar-refractivity contribution in [3.8, 4) is 5.75 Å². The number of ether oxygens (including phenoxy) is 1. The van der Waals surface area contributed by atoms with Gasteiger partial charge in [-0.25, -0.2) is 4.98 Å². The van der Waals surface area contributed by atoms with Crippen LogP contribution in [0.1, 0.15) is 26.2 Å². The first-order valence-corrected chi connectivity index (χ1v) is 8.12. The molecule has 1 aromatic carbocycles. The number of hydrogen-bond acceptors (Lipinski definition) is 5. The molecule has 20 heavy (non-hydrogen) atoms. The van der Waals surface area contributed by atoms with Crippen molar-refractivity contribution in [3.63, 3.8) is 0 Å². The van der Waals surface area contributed by atoms with Crippen LogP contribution in [0.2, 0.25) is 0 Å². The third-order valence-corrected chi connectivity index (χ3v) is 4.71. The minimum Gasteiger partial charge on any atom is -0.494 e. The van der Waals surface area contributed by atoms with Crippen molar-refractivity contribution < 1.29 is 4.74 Å². The van der Waals surface area contributed by atoms with Crippen molar-refractivity contribution >= 4 is 26.7 Å². The van der Waals surface area contributed by atoms with E-state index in [0.29, 0.717) is 6.04 Å². The molecule has 0 atom stereocenters. The number of benzene rings is 1. The second-order valence-electron chi connectivity index (χ2n) is 5.30. The van der Waals surface area contributed by atoms with E-state index in [9.17, 15) is 0 Å². The second kappa shape index (κ2) is 5.97. The van der Waals surface area contributed by atoms with E-state index in [2.05, 4.69) is 24.0 Å². The number of hydrogen-bond donors (Lipinski definition) is 1. The Balaban J connectivity index is 1.79. The third kappa shape index (κ3) is 2.88. The predicted octanol–water partition coefficient (Wildman–Crippen LogP) is 3.01. The first-order chi connectivity index (χ1) is 9.76. The number of piperidine rings is 1. The van der Waals surface area contributed by atoms with Gasteiger partial charge in [-0.05, 0) is 37.5 Å². The lowest BCUT2D eigenvalue weighted by Crippen LogP contribution is -2.39. The number of rotatable bonds is 4. The average molecular weight is 291 g/mol. The van der Waals surface area contributed by atoms with Crippen molar-refractivity contribution in [2.75, 3.05) is 24.6 Å². The molecule has 0 amide bonds. The molecule has 5 heteroatoms. The van der Waals surface area contributed by atoms with Gasteiger partial charge in [0.2, 0.25) is 0 Å². The molecule has 1 aliphatic heterocycles. The molecule has 2 heterocycles. The molecule has 4 nitrogen and oxygen atoms in total. The van der Waals surface area contributed by atoms with Gasteiger partial charge in [-0.2, -0.15) is 0 Å². The lowest BCUT2D eigenvalue weighted by molar-refractivity contribution is 0.318. The van der Waals surface area contributed by atoms with Gasteiger partial charge < -0.3 is 15.4 Å². The molecule has 0 radical (unpaired) electrons. The van der Waals surface area contributed by atoms with E-state index in [1.54, 1.807) is 11.3 Å². The van der Waals surface area contributed by atoms with Crippen molar-refractivity contribution in [2.45, 2.75) is 32.2 Å². The summed E-state index contributed by atoms with van der Waals surface area (Å²) in [6.07, 6.45) is 3.14. The van der Waals surface area contributed by atoms with Crippen molar-refractivity contribution in [1.82, 2.24) is 4.98 Å². The zero-order chi connectivity index (χ0) is 13.9. The summed E-state index contributed by atoms with van der Waals surface area (Å²) in [6.45, 7) is 4.91. The molecule has 0 unspecified atom stereocenters. The lowest BCUT2D eigenvalue weighted by atomic mass is 10.1. The minimum atomic E-state index is 0.356. The SMILES string of the molecule is CCCOc1ccc2nc(N3CCC(N)CC3)sc2c1. The number of aromatic nitrogens is 1. The van der Waals surface area contributed by atoms with Crippen LogP contribution in [0, 0.1) is 0 Å². The third-order valence-electron chi connectivity index (χ3n) is 3.63. The van der Waals surface area contributed by atoms with Gasteiger partial charge in [-0.15, -0.1) is 0 Å². The van der Waals surface area contributed by atoms with Crippen molar-refractivity contribution in [1.29, 1.82) is 0 Å². The summed E-state index contributed by atoms with van der Waals surface area (Å²) in [7, 11) is 0. The topological polar surface area (TPSA) is 51.4 Å². The molecule has 2 aromatic rings. The van der Waals surface area contributed by atoms with Crippen LogP contribution < -0.4 is 15.4 Å².